The highest BCUT2D eigenvalue weighted by Gasteiger charge is 2.47. The third kappa shape index (κ3) is 4.15. The van der Waals surface area contributed by atoms with Gasteiger partial charge in [-0.1, -0.05) is 29.8 Å². The van der Waals surface area contributed by atoms with Crippen LogP contribution in [0.2, 0.25) is 5.02 Å². The number of pyridine rings is 1. The first kappa shape index (κ1) is 22.4. The number of aromatic nitrogens is 1. The number of nitrogens with zero attached hydrogens (tertiary/aromatic N) is 2. The van der Waals surface area contributed by atoms with E-state index in [4.69, 9.17) is 21.1 Å². The van der Waals surface area contributed by atoms with E-state index in [0.29, 0.717) is 22.6 Å². The molecule has 1 saturated heterocycles. The molecule has 1 aliphatic rings. The van der Waals surface area contributed by atoms with Crippen LogP contribution in [0.4, 0.5) is 0 Å². The number of aliphatic hydroxyl groups excluding tert-OH is 1. The number of benzene rings is 2. The molecular formula is C25H21ClN2O5. The molecule has 2 aromatic carbocycles. The highest BCUT2D eigenvalue weighted by atomic mass is 35.5. The molecule has 1 aromatic heterocycles. The normalized spacial score (nSPS) is 17.3. The topological polar surface area (TPSA) is 89.0 Å². The van der Waals surface area contributed by atoms with Crippen LogP contribution in [-0.2, 0) is 16.1 Å². The first-order valence-corrected chi connectivity index (χ1v) is 10.5. The second-order valence-electron chi connectivity index (χ2n) is 7.37. The molecular weight excluding hydrogens is 444 g/mol. The van der Waals surface area contributed by atoms with Gasteiger partial charge >= 0.3 is 0 Å². The average Bonchev–Trinajstić information content (AvgIpc) is 3.09. The number of halogens is 1. The van der Waals surface area contributed by atoms with Crippen LogP contribution in [-0.4, -0.2) is 40.9 Å². The Morgan fingerprint density at radius 2 is 1.73 bits per heavy atom. The molecule has 8 heteroatoms. The molecule has 1 amide bonds. The van der Waals surface area contributed by atoms with Gasteiger partial charge in [-0.3, -0.25) is 14.6 Å². The zero-order valence-corrected chi connectivity index (χ0v) is 18.7. The predicted molar refractivity (Wildman–Crippen MR) is 123 cm³/mol. The quantitative estimate of drug-likeness (QED) is 0.331. The van der Waals surface area contributed by atoms with Gasteiger partial charge in [0.25, 0.3) is 11.7 Å². The molecule has 4 rings (SSSR count). The Bertz CT molecular complexity index is 1240. The molecule has 0 bridgehead atoms. The fourth-order valence-corrected chi connectivity index (χ4v) is 4.17. The molecule has 0 spiro atoms. The number of ether oxygens (including phenoxy) is 2. The number of rotatable bonds is 6. The Kier molecular flexibility index (Phi) is 6.33. The van der Waals surface area contributed by atoms with E-state index < -0.39 is 17.7 Å². The van der Waals surface area contributed by atoms with Crippen LogP contribution in [0, 0.1) is 0 Å². The minimum Gasteiger partial charge on any atom is -0.507 e. The van der Waals surface area contributed by atoms with E-state index in [0.717, 1.165) is 5.56 Å². The summed E-state index contributed by atoms with van der Waals surface area (Å²) >= 11 is 6.24. The maximum absolute atomic E-state index is 13.2. The van der Waals surface area contributed by atoms with Gasteiger partial charge in [0, 0.05) is 30.1 Å². The Labute approximate surface area is 195 Å². The number of ketones is 1. The highest BCUT2D eigenvalue weighted by molar-refractivity contribution is 6.46. The molecule has 168 valence electrons. The zero-order chi connectivity index (χ0) is 23.5. The highest BCUT2D eigenvalue weighted by Crippen LogP contribution is 2.43. The van der Waals surface area contributed by atoms with Gasteiger partial charge in [-0.05, 0) is 42.0 Å². The number of carbonyl (C=O) groups excluding carboxylic acids is 2. The molecule has 0 radical (unpaired) electrons. The van der Waals surface area contributed by atoms with Crippen molar-refractivity contribution in [2.24, 2.45) is 0 Å². The zero-order valence-electron chi connectivity index (χ0n) is 18.0. The van der Waals surface area contributed by atoms with Gasteiger partial charge in [-0.25, -0.2) is 0 Å². The monoisotopic (exact) mass is 464 g/mol. The molecule has 1 fully saturated rings. The summed E-state index contributed by atoms with van der Waals surface area (Å²) in [5, 5.41) is 11.5. The van der Waals surface area contributed by atoms with Gasteiger partial charge < -0.3 is 19.5 Å². The summed E-state index contributed by atoms with van der Waals surface area (Å²) in [6, 6.07) is 14.4. The van der Waals surface area contributed by atoms with Gasteiger partial charge in [0.15, 0.2) is 0 Å². The van der Waals surface area contributed by atoms with Crippen LogP contribution in [0.25, 0.3) is 5.76 Å². The van der Waals surface area contributed by atoms with E-state index in [1.165, 1.54) is 25.2 Å². The van der Waals surface area contributed by atoms with E-state index in [1.54, 1.807) is 60.9 Å². The Balaban J connectivity index is 1.90. The predicted octanol–water partition coefficient (Wildman–Crippen LogP) is 4.37. The molecule has 0 aliphatic carbocycles. The van der Waals surface area contributed by atoms with Crippen molar-refractivity contribution in [3.8, 4) is 11.5 Å². The van der Waals surface area contributed by atoms with E-state index in [2.05, 4.69) is 4.98 Å². The molecule has 1 N–H and O–H groups in total. The SMILES string of the molecule is COc1ccc(/C(O)=C2\C(=O)C(=O)N(Cc3ccncc3)C2c2ccccc2OC)cc1Cl. The second-order valence-corrected chi connectivity index (χ2v) is 7.78. The second kappa shape index (κ2) is 9.34. The minimum atomic E-state index is -0.866. The van der Waals surface area contributed by atoms with E-state index in [1.807, 2.05) is 0 Å². The summed E-state index contributed by atoms with van der Waals surface area (Å²) in [7, 11) is 2.99. The summed E-state index contributed by atoms with van der Waals surface area (Å²) in [6.45, 7) is 0.149. The molecule has 1 unspecified atom stereocenters. The summed E-state index contributed by atoms with van der Waals surface area (Å²) in [5.41, 5.74) is 1.62. The summed E-state index contributed by atoms with van der Waals surface area (Å²) in [6.07, 6.45) is 3.23. The molecule has 2 heterocycles. The summed E-state index contributed by atoms with van der Waals surface area (Å²) in [4.78, 5) is 31.8. The molecule has 0 saturated carbocycles. The number of hydrogen-bond donors (Lipinski definition) is 1. The van der Waals surface area contributed by atoms with Crippen molar-refractivity contribution in [2.75, 3.05) is 14.2 Å². The third-order valence-electron chi connectivity index (χ3n) is 5.50. The van der Waals surface area contributed by atoms with Crippen LogP contribution in [0.5, 0.6) is 11.5 Å². The lowest BCUT2D eigenvalue weighted by molar-refractivity contribution is -0.140. The Morgan fingerprint density at radius 3 is 2.39 bits per heavy atom. The summed E-state index contributed by atoms with van der Waals surface area (Å²) < 4.78 is 10.7. The molecule has 1 atom stereocenters. The lowest BCUT2D eigenvalue weighted by Crippen LogP contribution is -2.29. The van der Waals surface area contributed by atoms with Crippen molar-refractivity contribution in [1.82, 2.24) is 9.88 Å². The Hall–Kier alpha value is -3.84. The van der Waals surface area contributed by atoms with E-state index in [9.17, 15) is 14.7 Å². The van der Waals surface area contributed by atoms with Crippen LogP contribution in [0.3, 0.4) is 0 Å². The third-order valence-corrected chi connectivity index (χ3v) is 5.80. The first-order valence-electron chi connectivity index (χ1n) is 10.1. The maximum Gasteiger partial charge on any atom is 0.295 e. The number of para-hydroxylation sites is 1. The smallest absolute Gasteiger partial charge is 0.295 e. The van der Waals surface area contributed by atoms with Gasteiger partial charge in [-0.15, -0.1) is 0 Å². The maximum atomic E-state index is 13.2. The van der Waals surface area contributed by atoms with Crippen molar-refractivity contribution >= 4 is 29.1 Å². The average molecular weight is 465 g/mol. The van der Waals surface area contributed by atoms with Gasteiger partial charge in [0.1, 0.15) is 17.3 Å². The van der Waals surface area contributed by atoms with Crippen LogP contribution >= 0.6 is 11.6 Å². The lowest BCUT2D eigenvalue weighted by Gasteiger charge is -2.26. The van der Waals surface area contributed by atoms with Gasteiger partial charge in [0.2, 0.25) is 0 Å². The number of hydrogen-bond acceptors (Lipinski definition) is 6. The largest absolute Gasteiger partial charge is 0.507 e. The number of methoxy groups -OCH3 is 2. The Morgan fingerprint density at radius 1 is 1.03 bits per heavy atom. The lowest BCUT2D eigenvalue weighted by atomic mass is 9.94. The number of carbonyl (C=O) groups is 2. The van der Waals surface area contributed by atoms with Crippen molar-refractivity contribution in [2.45, 2.75) is 12.6 Å². The molecule has 3 aromatic rings. The van der Waals surface area contributed by atoms with Crippen LogP contribution < -0.4 is 9.47 Å². The number of aliphatic hydroxyl groups is 1. The standard InChI is InChI=1S/C25H21ClN2O5/c1-32-19-6-4-3-5-17(19)22-21(23(29)16-7-8-20(33-2)18(26)13-16)24(30)25(31)28(22)14-15-9-11-27-12-10-15/h3-13,22,29H,14H2,1-2H3/b23-21+. The fourth-order valence-electron chi connectivity index (χ4n) is 3.91. The van der Waals surface area contributed by atoms with Gasteiger partial charge in [-0.2, -0.15) is 0 Å². The number of amides is 1. The van der Waals surface area contributed by atoms with Crippen molar-refractivity contribution < 1.29 is 24.2 Å². The number of Topliss-reactive ketones (excluding diaryl/α,β-unsaturated/α-hetero) is 1. The van der Waals surface area contributed by atoms with E-state index >= 15 is 0 Å². The van der Waals surface area contributed by atoms with Crippen molar-refractivity contribution in [3.05, 3.63) is 94.3 Å². The van der Waals surface area contributed by atoms with Crippen molar-refractivity contribution in [3.63, 3.8) is 0 Å². The van der Waals surface area contributed by atoms with Crippen LogP contribution in [0.15, 0.2) is 72.6 Å². The molecule has 1 aliphatic heterocycles. The molecule has 33 heavy (non-hydrogen) atoms. The fraction of sp³-hybridized carbons (Fsp3) is 0.160. The minimum absolute atomic E-state index is 0.0419. The molecule has 7 nitrogen and oxygen atoms in total. The van der Waals surface area contributed by atoms with E-state index in [-0.39, 0.29) is 22.9 Å². The van der Waals surface area contributed by atoms with Crippen molar-refractivity contribution in [1.29, 1.82) is 0 Å². The van der Waals surface area contributed by atoms with Gasteiger partial charge in [0.05, 0.1) is 30.9 Å². The summed E-state index contributed by atoms with van der Waals surface area (Å²) in [5.74, 6) is -0.922. The first-order chi connectivity index (χ1) is 16.0. The van der Waals surface area contributed by atoms with Crippen LogP contribution in [0.1, 0.15) is 22.7 Å². The number of likely N-dealkylation sites (tertiary alicyclic amines) is 1.